The van der Waals surface area contributed by atoms with Crippen molar-refractivity contribution in [2.75, 3.05) is 6.61 Å². The summed E-state index contributed by atoms with van der Waals surface area (Å²) >= 11 is 0. The molecular weight excluding hydrogens is 348 g/mol. The van der Waals surface area contributed by atoms with E-state index in [2.05, 4.69) is 5.10 Å². The number of halogens is 3. The first kappa shape index (κ1) is 17.3. The van der Waals surface area contributed by atoms with Gasteiger partial charge in [-0.1, -0.05) is 6.07 Å². The summed E-state index contributed by atoms with van der Waals surface area (Å²) in [6, 6.07) is 3.91. The van der Waals surface area contributed by atoms with Crippen molar-refractivity contribution in [3.05, 3.63) is 35.8 Å². The normalized spacial score (nSPS) is 18.2. The van der Waals surface area contributed by atoms with Gasteiger partial charge >= 0.3 is 7.12 Å². The summed E-state index contributed by atoms with van der Waals surface area (Å²) in [5.41, 5.74) is -0.483. The topological polar surface area (TPSA) is 67.5 Å². The van der Waals surface area contributed by atoms with Crippen LogP contribution < -0.4 is 5.46 Å². The summed E-state index contributed by atoms with van der Waals surface area (Å²) in [5.74, 6) is -1.09. The second-order valence-electron chi connectivity index (χ2n) is 6.37. The molecule has 9 heteroatoms. The summed E-state index contributed by atoms with van der Waals surface area (Å²) in [6.45, 7) is 0.593. The smallest absolute Gasteiger partial charge is 0.423 e. The highest BCUT2D eigenvalue weighted by Crippen LogP contribution is 2.33. The summed E-state index contributed by atoms with van der Waals surface area (Å²) in [5, 5.41) is 24.4. The van der Waals surface area contributed by atoms with E-state index in [1.54, 1.807) is 10.7 Å². The van der Waals surface area contributed by atoms with Gasteiger partial charge in [0, 0.05) is 17.5 Å². The predicted octanol–water partition coefficient (Wildman–Crippen LogP) is 2.65. The number of aromatic nitrogens is 2. The van der Waals surface area contributed by atoms with E-state index in [-0.39, 0.29) is 27.8 Å². The fraction of sp³-hybridized carbons (Fsp3) is 0.353. The van der Waals surface area contributed by atoms with Crippen LogP contribution in [-0.2, 0) is 4.74 Å². The van der Waals surface area contributed by atoms with Crippen LogP contribution in [0.15, 0.2) is 24.4 Å². The molecule has 3 aromatic rings. The Hall–Kier alpha value is -2.10. The van der Waals surface area contributed by atoms with Gasteiger partial charge in [-0.15, -0.1) is 0 Å². The molecular formula is C17H16BF3N2O3. The van der Waals surface area contributed by atoms with Gasteiger partial charge in [0.2, 0.25) is 0 Å². The molecule has 2 aromatic carbocycles. The lowest BCUT2D eigenvalue weighted by Gasteiger charge is -2.23. The molecule has 0 radical (unpaired) electrons. The molecule has 1 unspecified atom stereocenters. The Bertz CT molecular complexity index is 971. The van der Waals surface area contributed by atoms with Crippen LogP contribution in [0.5, 0.6) is 0 Å². The molecule has 2 N–H and O–H groups in total. The Labute approximate surface area is 147 Å². The second kappa shape index (κ2) is 6.57. The summed E-state index contributed by atoms with van der Waals surface area (Å²) in [4.78, 5) is 0. The van der Waals surface area contributed by atoms with E-state index in [1.807, 2.05) is 0 Å². The maximum absolute atomic E-state index is 14.0. The Balaban J connectivity index is 2.05. The number of benzene rings is 2. The van der Waals surface area contributed by atoms with E-state index >= 15 is 0 Å². The highest BCUT2D eigenvalue weighted by Gasteiger charge is 2.28. The molecule has 1 atom stereocenters. The van der Waals surface area contributed by atoms with Crippen LogP contribution in [-0.4, -0.2) is 33.6 Å². The number of nitrogens with zero attached hydrogens (tertiary/aromatic N) is 2. The molecule has 0 spiro atoms. The molecule has 0 bridgehead atoms. The minimum Gasteiger partial charge on any atom is -0.423 e. The minimum atomic E-state index is -3.09. The van der Waals surface area contributed by atoms with Gasteiger partial charge in [-0.3, -0.25) is 0 Å². The van der Waals surface area contributed by atoms with Crippen molar-refractivity contribution in [3.63, 3.8) is 0 Å². The number of hydrogen-bond acceptors (Lipinski definition) is 4. The number of ether oxygens (including phenoxy) is 1. The standard InChI is InChI=1S/C17H16BF3N2O3/c19-11-5-4-9-7-12-10(8-22-23(12)13-3-1-2-6-26-13)16(18(24)25)14(9)15(11)17(20)21/h4-5,7-8,13,17,24-25H,1-3,6H2. The quantitative estimate of drug-likeness (QED) is 0.702. The summed E-state index contributed by atoms with van der Waals surface area (Å²) in [6.07, 6.45) is 0.647. The average molecular weight is 364 g/mol. The third-order valence-electron chi connectivity index (χ3n) is 4.82. The third kappa shape index (κ3) is 2.67. The highest BCUT2D eigenvalue weighted by atomic mass is 19.3. The Morgan fingerprint density at radius 1 is 1.27 bits per heavy atom. The van der Waals surface area contributed by atoms with Gasteiger partial charge in [-0.2, -0.15) is 5.10 Å². The zero-order valence-electron chi connectivity index (χ0n) is 13.7. The van der Waals surface area contributed by atoms with Gasteiger partial charge in [0.25, 0.3) is 6.43 Å². The van der Waals surface area contributed by atoms with Gasteiger partial charge in [0.05, 0.1) is 17.3 Å². The molecule has 26 heavy (non-hydrogen) atoms. The first-order valence-corrected chi connectivity index (χ1v) is 8.37. The Kier molecular flexibility index (Phi) is 4.38. The molecule has 1 aromatic heterocycles. The van der Waals surface area contributed by atoms with Gasteiger partial charge in [0.15, 0.2) is 6.23 Å². The fourth-order valence-electron chi connectivity index (χ4n) is 3.66. The first-order chi connectivity index (χ1) is 12.5. The van der Waals surface area contributed by atoms with Gasteiger partial charge in [-0.05, 0) is 42.2 Å². The lowest BCUT2D eigenvalue weighted by molar-refractivity contribution is -0.0366. The maximum Gasteiger partial charge on any atom is 0.489 e. The lowest BCUT2D eigenvalue weighted by Crippen LogP contribution is -2.32. The monoisotopic (exact) mass is 364 g/mol. The van der Waals surface area contributed by atoms with Crippen LogP contribution in [0.2, 0.25) is 0 Å². The van der Waals surface area contributed by atoms with Crippen molar-refractivity contribution < 1.29 is 28.0 Å². The van der Waals surface area contributed by atoms with Crippen molar-refractivity contribution in [1.29, 1.82) is 0 Å². The van der Waals surface area contributed by atoms with Crippen LogP contribution in [0, 0.1) is 5.82 Å². The van der Waals surface area contributed by atoms with Crippen molar-refractivity contribution in [1.82, 2.24) is 9.78 Å². The molecule has 1 saturated heterocycles. The molecule has 0 amide bonds. The van der Waals surface area contributed by atoms with Crippen LogP contribution in [0.3, 0.4) is 0 Å². The molecule has 1 aliphatic heterocycles. The van der Waals surface area contributed by atoms with Crippen molar-refractivity contribution >= 4 is 34.3 Å². The molecule has 1 fully saturated rings. The van der Waals surface area contributed by atoms with Gasteiger partial charge < -0.3 is 14.8 Å². The van der Waals surface area contributed by atoms with E-state index in [4.69, 9.17) is 4.74 Å². The maximum atomic E-state index is 14.0. The second-order valence-corrected chi connectivity index (χ2v) is 6.37. The number of rotatable bonds is 3. The minimum absolute atomic E-state index is 0.172. The number of alkyl halides is 2. The Morgan fingerprint density at radius 3 is 2.73 bits per heavy atom. The first-order valence-electron chi connectivity index (χ1n) is 8.37. The zero-order valence-corrected chi connectivity index (χ0v) is 13.7. The van der Waals surface area contributed by atoms with Crippen LogP contribution in [0.25, 0.3) is 21.7 Å². The number of hydrogen-bond donors (Lipinski definition) is 2. The molecule has 136 valence electrons. The van der Waals surface area contributed by atoms with E-state index in [0.29, 0.717) is 12.1 Å². The molecule has 5 nitrogen and oxygen atoms in total. The molecule has 2 heterocycles. The molecule has 0 aliphatic carbocycles. The van der Waals surface area contributed by atoms with Crippen molar-refractivity contribution in [3.8, 4) is 0 Å². The fourth-order valence-corrected chi connectivity index (χ4v) is 3.66. The van der Waals surface area contributed by atoms with Gasteiger partial charge in [0.1, 0.15) is 5.82 Å². The third-order valence-corrected chi connectivity index (χ3v) is 4.82. The summed E-state index contributed by atoms with van der Waals surface area (Å²) in [7, 11) is -2.05. The average Bonchev–Trinajstić information content (AvgIpc) is 3.03. The van der Waals surface area contributed by atoms with E-state index < -0.39 is 24.9 Å². The zero-order chi connectivity index (χ0) is 18.4. The SMILES string of the molecule is OB(O)c1c2cnn(C3CCCCO3)c2cc2ccc(F)c(C(F)F)c12. The van der Waals surface area contributed by atoms with Crippen LogP contribution >= 0.6 is 0 Å². The predicted molar refractivity (Wildman–Crippen MR) is 90.8 cm³/mol. The van der Waals surface area contributed by atoms with E-state index in [0.717, 1.165) is 25.3 Å². The summed E-state index contributed by atoms with van der Waals surface area (Å²) < 4.78 is 48.3. The van der Waals surface area contributed by atoms with Crippen LogP contribution in [0.4, 0.5) is 13.2 Å². The lowest BCUT2D eigenvalue weighted by atomic mass is 9.74. The van der Waals surface area contributed by atoms with Crippen LogP contribution in [0.1, 0.15) is 37.5 Å². The Morgan fingerprint density at radius 2 is 2.08 bits per heavy atom. The van der Waals surface area contributed by atoms with Crippen molar-refractivity contribution in [2.45, 2.75) is 31.9 Å². The van der Waals surface area contributed by atoms with E-state index in [1.165, 1.54) is 12.3 Å². The van der Waals surface area contributed by atoms with E-state index in [9.17, 15) is 23.2 Å². The molecule has 4 rings (SSSR count). The highest BCUT2D eigenvalue weighted by molar-refractivity contribution is 6.65. The molecule has 0 saturated carbocycles. The largest absolute Gasteiger partial charge is 0.489 e. The molecule has 1 aliphatic rings. The van der Waals surface area contributed by atoms with Crippen molar-refractivity contribution in [2.24, 2.45) is 0 Å². The van der Waals surface area contributed by atoms with Gasteiger partial charge in [-0.25, -0.2) is 17.9 Å². The number of fused-ring (bicyclic) bond motifs is 2.